The minimum absolute atomic E-state index is 0.115. The molecule has 0 bridgehead atoms. The quantitative estimate of drug-likeness (QED) is 0.447. The van der Waals surface area contributed by atoms with Crippen molar-refractivity contribution >= 4 is 17.7 Å². The maximum absolute atomic E-state index is 11.8. The molecule has 0 fully saturated rings. The molecule has 0 aromatic carbocycles. The molecule has 0 radical (unpaired) electrons. The lowest BCUT2D eigenvalue weighted by Gasteiger charge is -2.14. The van der Waals surface area contributed by atoms with Crippen LogP contribution in [0.4, 0.5) is 0 Å². The zero-order valence-electron chi connectivity index (χ0n) is 13.8. The minimum Gasteiger partial charge on any atom is -0.494 e. The van der Waals surface area contributed by atoms with E-state index in [0.29, 0.717) is 24.7 Å². The van der Waals surface area contributed by atoms with E-state index in [0.717, 1.165) is 23.5 Å². The summed E-state index contributed by atoms with van der Waals surface area (Å²) in [5.74, 6) is 1.81. The molecule has 0 N–H and O–H groups in total. The first-order chi connectivity index (χ1) is 10.7. The van der Waals surface area contributed by atoms with E-state index in [1.807, 2.05) is 6.07 Å². The van der Waals surface area contributed by atoms with E-state index in [9.17, 15) is 4.79 Å². The van der Waals surface area contributed by atoms with E-state index in [4.69, 9.17) is 9.47 Å². The summed E-state index contributed by atoms with van der Waals surface area (Å²) in [5.41, 5.74) is 0. The first-order valence-corrected chi connectivity index (χ1v) is 8.96. The van der Waals surface area contributed by atoms with Crippen LogP contribution >= 0.6 is 11.8 Å². The lowest BCUT2D eigenvalue weighted by Crippen LogP contribution is -2.14. The monoisotopic (exact) mass is 325 g/mol. The average Bonchev–Trinajstić information content (AvgIpc) is 2.55. The Bertz CT molecular complexity index is 440. The van der Waals surface area contributed by atoms with Gasteiger partial charge in [0.1, 0.15) is 0 Å². The predicted molar refractivity (Wildman–Crippen MR) is 90.4 cm³/mol. The summed E-state index contributed by atoms with van der Waals surface area (Å²) in [5, 5.41) is 0. The summed E-state index contributed by atoms with van der Waals surface area (Å²) < 4.78 is 10.6. The molecule has 1 heterocycles. The van der Waals surface area contributed by atoms with Gasteiger partial charge in [-0.15, -0.1) is 11.8 Å². The Balaban J connectivity index is 2.25. The third kappa shape index (κ3) is 7.16. The number of hydrogen-bond acceptors (Lipinski definition) is 5. The molecule has 1 rings (SSSR count). The van der Waals surface area contributed by atoms with Crippen molar-refractivity contribution in [1.82, 2.24) is 4.98 Å². The zero-order chi connectivity index (χ0) is 16.2. The average molecular weight is 325 g/mol. The molecule has 1 aromatic heterocycles. The van der Waals surface area contributed by atoms with Gasteiger partial charge in [0.15, 0.2) is 5.75 Å². The number of thioether (sulfide) groups is 1. The van der Waals surface area contributed by atoms with Crippen molar-refractivity contribution in [2.75, 3.05) is 19.5 Å². The summed E-state index contributed by atoms with van der Waals surface area (Å²) in [7, 11) is 1.62. The molecule has 4 nitrogen and oxygen atoms in total. The van der Waals surface area contributed by atoms with Crippen LogP contribution in [0.25, 0.3) is 0 Å². The maximum Gasteiger partial charge on any atom is 0.306 e. The van der Waals surface area contributed by atoms with Crippen LogP contribution in [0.3, 0.4) is 0 Å². The third-order valence-electron chi connectivity index (χ3n) is 3.55. The smallest absolute Gasteiger partial charge is 0.306 e. The summed E-state index contributed by atoms with van der Waals surface area (Å²) in [6.45, 7) is 4.89. The number of pyridine rings is 1. The Morgan fingerprint density at radius 1 is 1.41 bits per heavy atom. The highest BCUT2D eigenvalue weighted by atomic mass is 32.2. The molecule has 0 amide bonds. The molecule has 22 heavy (non-hydrogen) atoms. The van der Waals surface area contributed by atoms with Gasteiger partial charge in [-0.1, -0.05) is 33.1 Å². The van der Waals surface area contributed by atoms with Gasteiger partial charge < -0.3 is 9.47 Å². The Kier molecular flexibility index (Phi) is 9.71. The van der Waals surface area contributed by atoms with E-state index in [-0.39, 0.29) is 5.97 Å². The van der Waals surface area contributed by atoms with Gasteiger partial charge in [-0.25, -0.2) is 0 Å². The highest BCUT2D eigenvalue weighted by Gasteiger charge is 2.11. The second-order valence-electron chi connectivity index (χ2n) is 5.22. The SMILES string of the molecule is CCCCC(CC)COC(=O)CCSc1ccncc1OC. The Labute approximate surface area is 138 Å². The fourth-order valence-corrected chi connectivity index (χ4v) is 2.99. The van der Waals surface area contributed by atoms with Crippen molar-refractivity contribution in [2.24, 2.45) is 5.92 Å². The second kappa shape index (κ2) is 11.4. The number of unbranched alkanes of at least 4 members (excludes halogenated alkanes) is 1. The van der Waals surface area contributed by atoms with E-state index in [1.54, 1.807) is 31.3 Å². The first-order valence-electron chi connectivity index (χ1n) is 7.97. The number of methoxy groups -OCH3 is 1. The Morgan fingerprint density at radius 3 is 2.91 bits per heavy atom. The lowest BCUT2D eigenvalue weighted by molar-refractivity contribution is -0.144. The van der Waals surface area contributed by atoms with E-state index < -0.39 is 0 Å². The largest absolute Gasteiger partial charge is 0.494 e. The van der Waals surface area contributed by atoms with Crippen LogP contribution in [0.15, 0.2) is 23.4 Å². The number of nitrogens with zero attached hydrogens (tertiary/aromatic N) is 1. The van der Waals surface area contributed by atoms with Gasteiger partial charge in [0, 0.05) is 11.9 Å². The number of ether oxygens (including phenoxy) is 2. The zero-order valence-corrected chi connectivity index (χ0v) is 14.7. The third-order valence-corrected chi connectivity index (χ3v) is 4.61. The molecule has 0 saturated carbocycles. The molecule has 1 atom stereocenters. The standard InChI is InChI=1S/C17H27NO3S/c1-4-6-7-14(5-2)13-21-17(19)9-11-22-16-8-10-18-12-15(16)20-3/h8,10,12,14H,4-7,9,11,13H2,1-3H3. The van der Waals surface area contributed by atoms with E-state index in [2.05, 4.69) is 18.8 Å². The number of aromatic nitrogens is 1. The van der Waals surface area contributed by atoms with Crippen LogP contribution in [-0.4, -0.2) is 30.4 Å². The number of esters is 1. The summed E-state index contributed by atoms with van der Waals surface area (Å²) in [4.78, 5) is 16.8. The molecule has 5 heteroatoms. The van der Waals surface area contributed by atoms with Crippen molar-refractivity contribution in [3.8, 4) is 5.75 Å². The molecule has 0 aliphatic rings. The van der Waals surface area contributed by atoms with Crippen molar-refractivity contribution in [3.63, 3.8) is 0 Å². The predicted octanol–water partition coefficient (Wildman–Crippen LogP) is 4.33. The van der Waals surface area contributed by atoms with Gasteiger partial charge in [-0.05, 0) is 18.4 Å². The molecular weight excluding hydrogens is 298 g/mol. The summed E-state index contributed by atoms with van der Waals surface area (Å²) >= 11 is 1.59. The van der Waals surface area contributed by atoms with Crippen molar-refractivity contribution < 1.29 is 14.3 Å². The summed E-state index contributed by atoms with van der Waals surface area (Å²) in [6.07, 6.45) is 8.42. The highest BCUT2D eigenvalue weighted by molar-refractivity contribution is 7.99. The van der Waals surface area contributed by atoms with E-state index >= 15 is 0 Å². The van der Waals surface area contributed by atoms with Crippen molar-refractivity contribution in [3.05, 3.63) is 18.5 Å². The number of rotatable bonds is 11. The number of carbonyl (C=O) groups is 1. The molecule has 0 saturated heterocycles. The maximum atomic E-state index is 11.8. The number of hydrogen-bond donors (Lipinski definition) is 0. The van der Waals surface area contributed by atoms with Gasteiger partial charge >= 0.3 is 5.97 Å². The van der Waals surface area contributed by atoms with Gasteiger partial charge in [0.2, 0.25) is 0 Å². The topological polar surface area (TPSA) is 48.4 Å². The second-order valence-corrected chi connectivity index (χ2v) is 6.36. The Hall–Kier alpha value is -1.23. The van der Waals surface area contributed by atoms with Crippen LogP contribution in [0.5, 0.6) is 5.75 Å². The molecule has 0 aliphatic carbocycles. The first kappa shape index (κ1) is 18.8. The van der Waals surface area contributed by atoms with Crippen LogP contribution in [0, 0.1) is 5.92 Å². The molecular formula is C17H27NO3S. The van der Waals surface area contributed by atoms with Crippen LogP contribution in [0.2, 0.25) is 0 Å². The lowest BCUT2D eigenvalue weighted by atomic mass is 10.0. The summed E-state index contributed by atoms with van der Waals surface area (Å²) in [6, 6.07) is 1.90. The van der Waals surface area contributed by atoms with Crippen LogP contribution in [-0.2, 0) is 9.53 Å². The van der Waals surface area contributed by atoms with Crippen molar-refractivity contribution in [2.45, 2.75) is 50.8 Å². The number of carbonyl (C=O) groups excluding carboxylic acids is 1. The van der Waals surface area contributed by atoms with Gasteiger partial charge in [0.05, 0.1) is 31.2 Å². The molecule has 124 valence electrons. The molecule has 1 unspecified atom stereocenters. The normalized spacial score (nSPS) is 12.0. The molecule has 0 spiro atoms. The molecule has 0 aliphatic heterocycles. The van der Waals surface area contributed by atoms with Gasteiger partial charge in [-0.2, -0.15) is 0 Å². The van der Waals surface area contributed by atoms with Gasteiger partial charge in [0.25, 0.3) is 0 Å². The highest BCUT2D eigenvalue weighted by Crippen LogP contribution is 2.28. The van der Waals surface area contributed by atoms with Crippen LogP contribution < -0.4 is 4.74 Å². The molecule has 1 aromatic rings. The fraction of sp³-hybridized carbons (Fsp3) is 0.647. The van der Waals surface area contributed by atoms with E-state index in [1.165, 1.54) is 12.8 Å². The Morgan fingerprint density at radius 2 is 2.23 bits per heavy atom. The van der Waals surface area contributed by atoms with Crippen LogP contribution in [0.1, 0.15) is 46.0 Å². The van der Waals surface area contributed by atoms with Crippen molar-refractivity contribution in [1.29, 1.82) is 0 Å². The van der Waals surface area contributed by atoms with Gasteiger partial charge in [-0.3, -0.25) is 9.78 Å². The minimum atomic E-state index is -0.115. The fourth-order valence-electron chi connectivity index (χ4n) is 2.07.